The summed E-state index contributed by atoms with van der Waals surface area (Å²) in [5.74, 6) is 2.82. The summed E-state index contributed by atoms with van der Waals surface area (Å²) >= 11 is -0.308. The Morgan fingerprint density at radius 3 is 2.07 bits per heavy atom. The van der Waals surface area contributed by atoms with Crippen LogP contribution in [0.4, 0.5) is 11.4 Å². The van der Waals surface area contributed by atoms with Gasteiger partial charge in [-0.05, 0) is 130 Å². The maximum absolute atomic E-state index is 6.92. The lowest BCUT2D eigenvalue weighted by Crippen LogP contribution is -3.61. The molecule has 5 heteroatoms. The number of rotatable bonds is 13. The maximum Gasteiger partial charge on any atom is 0.357 e. The summed E-state index contributed by atoms with van der Waals surface area (Å²) in [6.07, 6.45) is 13.5. The Labute approximate surface area is 333 Å². The van der Waals surface area contributed by atoms with Gasteiger partial charge in [0, 0.05) is 41.1 Å². The van der Waals surface area contributed by atoms with Crippen LogP contribution < -0.4 is 35.6 Å². The molecule has 0 saturated carbocycles. The highest BCUT2D eigenvalue weighted by Crippen LogP contribution is 2.48. The van der Waals surface area contributed by atoms with Crippen molar-refractivity contribution in [2.75, 3.05) is 24.6 Å². The molecule has 2 aliphatic heterocycles. The molecule has 4 nitrogen and oxygen atoms in total. The standard InChI is InChI=1S/C49H55IN2O2/c1-8-11-34-53-39-28-24-37(25-29-39)50-38-26-30-40(31-27-38)54-47-35(22-32-45-48(4,5)41-16-12-14-18-43(41)51(45)9-2)20-21-36(47)23-33-46-49(6,7)42-17-13-15-19-44(42)52(46)10-3/h12-19,22-33H,8-11,20-21,34H2,1-7H3/q+2. The monoisotopic (exact) mass is 830 g/mol. The second kappa shape index (κ2) is 16.2. The Balaban J connectivity index is 1.19. The summed E-state index contributed by atoms with van der Waals surface area (Å²) in [5, 5.41) is 0. The molecule has 0 amide bonds. The summed E-state index contributed by atoms with van der Waals surface area (Å²) in [6, 6.07) is 35.2. The molecule has 0 radical (unpaired) electrons. The number of unbranched alkanes of at least 4 members (excludes halogenated alkanes) is 1. The quantitative estimate of drug-likeness (QED) is 0.0767. The zero-order chi connectivity index (χ0) is 37.9. The first-order chi connectivity index (χ1) is 26.1. The van der Waals surface area contributed by atoms with Crippen LogP contribution >= 0.6 is 0 Å². The summed E-state index contributed by atoms with van der Waals surface area (Å²) in [5.41, 5.74) is 10.4. The van der Waals surface area contributed by atoms with Crippen molar-refractivity contribution in [3.8, 4) is 11.5 Å². The van der Waals surface area contributed by atoms with Gasteiger partial charge in [-0.15, -0.1) is 0 Å². The van der Waals surface area contributed by atoms with E-state index in [1.165, 1.54) is 52.2 Å². The molecule has 0 N–H and O–H groups in total. The number of nitrogens with zero attached hydrogens (tertiary/aromatic N) is 2. The Morgan fingerprint density at radius 2 is 1.39 bits per heavy atom. The molecule has 4 aromatic rings. The molecule has 7 rings (SSSR count). The van der Waals surface area contributed by atoms with Crippen LogP contribution in [0.25, 0.3) is 0 Å². The van der Waals surface area contributed by atoms with Crippen molar-refractivity contribution in [2.24, 2.45) is 0 Å². The third-order valence-electron chi connectivity index (χ3n) is 11.2. The highest BCUT2D eigenvalue weighted by Gasteiger charge is 2.43. The first kappa shape index (κ1) is 37.9. The topological polar surface area (TPSA) is 24.7 Å². The number of hydrogen-bond acceptors (Lipinski definition) is 3. The zero-order valence-corrected chi connectivity index (χ0v) is 35.2. The van der Waals surface area contributed by atoms with E-state index in [4.69, 9.17) is 9.47 Å². The molecular formula is C49H55IN2O2+2. The average molecular weight is 831 g/mol. The van der Waals surface area contributed by atoms with Crippen LogP contribution in [0.1, 0.15) is 85.3 Å². The van der Waals surface area contributed by atoms with Gasteiger partial charge in [0.25, 0.3) is 0 Å². The van der Waals surface area contributed by atoms with E-state index in [-0.39, 0.29) is 32.0 Å². The molecule has 0 spiro atoms. The van der Waals surface area contributed by atoms with E-state index in [1.54, 1.807) is 0 Å². The van der Waals surface area contributed by atoms with Crippen molar-refractivity contribution in [3.63, 3.8) is 0 Å². The van der Waals surface area contributed by atoms with E-state index >= 15 is 0 Å². The summed E-state index contributed by atoms with van der Waals surface area (Å²) in [7, 11) is 0. The van der Waals surface area contributed by atoms with Crippen LogP contribution in [-0.4, -0.2) is 30.0 Å². The number of likely N-dealkylation sites (N-methyl/N-ethyl adjacent to an activating group) is 1. The van der Waals surface area contributed by atoms with Gasteiger partial charge in [-0.3, -0.25) is 0 Å². The van der Waals surface area contributed by atoms with E-state index < -0.39 is 0 Å². The maximum atomic E-state index is 6.92. The highest BCUT2D eigenvalue weighted by atomic mass is 127. The summed E-state index contributed by atoms with van der Waals surface area (Å²) in [4.78, 5) is 2.47. The smallest absolute Gasteiger partial charge is 0.357 e. The molecule has 0 unspecified atom stereocenters. The average Bonchev–Trinajstić information content (AvgIpc) is 3.74. The van der Waals surface area contributed by atoms with Crippen molar-refractivity contribution >= 4 is 17.1 Å². The van der Waals surface area contributed by atoms with Gasteiger partial charge in [0.1, 0.15) is 23.8 Å². The number of halogens is 1. The van der Waals surface area contributed by atoms with Crippen molar-refractivity contribution in [1.82, 2.24) is 0 Å². The first-order valence-electron chi connectivity index (χ1n) is 19.8. The molecule has 0 saturated heterocycles. The molecule has 0 fully saturated rings. The van der Waals surface area contributed by atoms with Crippen LogP contribution in [0.2, 0.25) is 0 Å². The summed E-state index contributed by atoms with van der Waals surface area (Å²) < 4.78 is 18.0. The molecule has 1 aliphatic carbocycles. The number of ether oxygens (including phenoxy) is 2. The van der Waals surface area contributed by atoms with Gasteiger partial charge in [0.05, 0.1) is 12.0 Å². The van der Waals surface area contributed by atoms with Crippen molar-refractivity contribution < 1.29 is 35.3 Å². The lowest BCUT2D eigenvalue weighted by atomic mass is 9.81. The van der Waals surface area contributed by atoms with E-state index in [0.29, 0.717) is 0 Å². The van der Waals surface area contributed by atoms with E-state index in [1.807, 2.05) is 0 Å². The first-order valence-corrected chi connectivity index (χ1v) is 21.9. The lowest BCUT2D eigenvalue weighted by Gasteiger charge is -2.26. The minimum absolute atomic E-state index is 0.0830. The summed E-state index contributed by atoms with van der Waals surface area (Å²) in [6.45, 7) is 18.7. The Hall–Kier alpha value is -4.36. The molecule has 0 bridgehead atoms. The second-order valence-corrected chi connectivity index (χ2v) is 18.4. The van der Waals surface area contributed by atoms with E-state index in [9.17, 15) is 0 Å². The van der Waals surface area contributed by atoms with Crippen molar-refractivity contribution in [3.05, 3.63) is 162 Å². The van der Waals surface area contributed by atoms with Crippen LogP contribution in [-0.2, 0) is 10.8 Å². The van der Waals surface area contributed by atoms with E-state index in [0.717, 1.165) is 62.6 Å². The van der Waals surface area contributed by atoms with Gasteiger partial charge < -0.3 is 14.4 Å². The predicted octanol–water partition coefficient (Wildman–Crippen LogP) is 8.70. The molecule has 3 aliphatic rings. The number of para-hydroxylation sites is 2. The number of allylic oxidation sites excluding steroid dienone is 7. The number of fused-ring (bicyclic) bond motifs is 2. The van der Waals surface area contributed by atoms with Gasteiger partial charge >= 0.3 is 21.2 Å². The molecular weight excluding hydrogens is 775 g/mol. The molecule has 54 heavy (non-hydrogen) atoms. The Morgan fingerprint density at radius 1 is 0.722 bits per heavy atom. The second-order valence-electron chi connectivity index (χ2n) is 15.4. The minimum Gasteiger partial charge on any atom is -0.494 e. The Kier molecular flexibility index (Phi) is 11.4. The van der Waals surface area contributed by atoms with Gasteiger partial charge in [0.2, 0.25) is 5.69 Å². The van der Waals surface area contributed by atoms with E-state index in [2.05, 4.69) is 179 Å². The van der Waals surface area contributed by atoms with Gasteiger partial charge in [-0.2, -0.15) is 4.58 Å². The molecule has 4 aromatic carbocycles. The third-order valence-corrected chi connectivity index (χ3v) is 13.9. The van der Waals surface area contributed by atoms with Crippen LogP contribution in [0, 0.1) is 7.14 Å². The highest BCUT2D eigenvalue weighted by molar-refractivity contribution is 6.03. The molecule has 0 atom stereocenters. The SMILES string of the molecule is CCCCOc1ccc([I+]c2ccc(OC3=C(/C=C/C4=[N+](CC)c5ccccc5C4(C)C)CC/C3=C\C=C3\N(CC)c4ccccc4C3(C)C)cc2)cc1. The van der Waals surface area contributed by atoms with Gasteiger partial charge in [-0.1, -0.05) is 69.7 Å². The number of anilines is 1. The fourth-order valence-corrected chi connectivity index (χ4v) is 10.4. The van der Waals surface area contributed by atoms with Crippen LogP contribution in [0.3, 0.4) is 0 Å². The minimum atomic E-state index is -0.308. The van der Waals surface area contributed by atoms with Crippen molar-refractivity contribution in [1.29, 1.82) is 0 Å². The van der Waals surface area contributed by atoms with Crippen LogP contribution in [0.5, 0.6) is 11.5 Å². The normalized spacial score (nSPS) is 18.7. The molecule has 2 heterocycles. The Bertz CT molecular complexity index is 2150. The fraction of sp³-hybridized carbons (Fsp3) is 0.327. The lowest BCUT2D eigenvalue weighted by molar-refractivity contribution is -0.597. The number of benzene rings is 4. The van der Waals surface area contributed by atoms with Crippen LogP contribution in [0.15, 0.2) is 144 Å². The predicted molar refractivity (Wildman–Crippen MR) is 220 cm³/mol. The molecule has 0 aromatic heterocycles. The van der Waals surface area contributed by atoms with Gasteiger partial charge in [-0.25, -0.2) is 0 Å². The zero-order valence-electron chi connectivity index (χ0n) is 33.1. The third kappa shape index (κ3) is 7.49. The number of hydrogen-bond donors (Lipinski definition) is 0. The van der Waals surface area contributed by atoms with Gasteiger partial charge in [0.15, 0.2) is 12.9 Å². The molecule has 278 valence electrons. The van der Waals surface area contributed by atoms with Crippen molar-refractivity contribution in [2.45, 2.75) is 85.0 Å². The fourth-order valence-electron chi connectivity index (χ4n) is 8.21. The largest absolute Gasteiger partial charge is 0.494 e.